The second-order valence-electron chi connectivity index (χ2n) is 4.74. The number of nitrogens with zero attached hydrogens (tertiary/aromatic N) is 2. The highest BCUT2D eigenvalue weighted by molar-refractivity contribution is 5.75. The molecule has 0 bridgehead atoms. The average molecular weight is 286 g/mol. The highest BCUT2D eigenvalue weighted by Crippen LogP contribution is 2.35. The van der Waals surface area contributed by atoms with E-state index in [-0.39, 0.29) is 5.56 Å². The van der Waals surface area contributed by atoms with Gasteiger partial charge in [-0.1, -0.05) is 6.08 Å². The molecule has 0 unspecified atom stereocenters. The van der Waals surface area contributed by atoms with Crippen LogP contribution in [0.25, 0.3) is 5.57 Å². The van der Waals surface area contributed by atoms with E-state index >= 15 is 0 Å². The van der Waals surface area contributed by atoms with Gasteiger partial charge in [0.1, 0.15) is 0 Å². The zero-order chi connectivity index (χ0) is 14.9. The van der Waals surface area contributed by atoms with Crippen molar-refractivity contribution in [2.75, 3.05) is 20.1 Å². The normalized spacial score (nSPS) is 16.9. The number of alkyl halides is 3. The minimum atomic E-state index is -4.58. The second-order valence-corrected chi connectivity index (χ2v) is 4.74. The van der Waals surface area contributed by atoms with E-state index in [1.165, 1.54) is 6.07 Å². The molecular weight excluding hydrogens is 273 g/mol. The Labute approximate surface area is 113 Å². The minimum absolute atomic E-state index is 0.259. The maximum Gasteiger partial charge on any atom is 0.416 e. The fourth-order valence-corrected chi connectivity index (χ4v) is 2.22. The van der Waals surface area contributed by atoms with Crippen LogP contribution in [0.2, 0.25) is 0 Å². The maximum absolute atomic E-state index is 12.6. The van der Waals surface area contributed by atoms with Gasteiger partial charge in [0.15, 0.2) is 0 Å². The fourth-order valence-electron chi connectivity index (χ4n) is 2.22. The third kappa shape index (κ3) is 2.98. The van der Waals surface area contributed by atoms with E-state index in [9.17, 15) is 23.3 Å². The molecule has 1 heterocycles. The van der Waals surface area contributed by atoms with Crippen LogP contribution < -0.4 is 0 Å². The second kappa shape index (κ2) is 5.24. The van der Waals surface area contributed by atoms with Crippen LogP contribution in [-0.4, -0.2) is 30.0 Å². The van der Waals surface area contributed by atoms with Crippen LogP contribution in [0, 0.1) is 10.1 Å². The molecule has 20 heavy (non-hydrogen) atoms. The van der Waals surface area contributed by atoms with E-state index < -0.39 is 22.4 Å². The Morgan fingerprint density at radius 1 is 1.35 bits per heavy atom. The lowest BCUT2D eigenvalue weighted by Crippen LogP contribution is -2.25. The van der Waals surface area contributed by atoms with E-state index in [2.05, 4.69) is 0 Å². The summed E-state index contributed by atoms with van der Waals surface area (Å²) in [6.07, 6.45) is -2.01. The van der Waals surface area contributed by atoms with Gasteiger partial charge in [0, 0.05) is 19.2 Å². The molecule has 0 spiro atoms. The van der Waals surface area contributed by atoms with Gasteiger partial charge >= 0.3 is 6.18 Å². The van der Waals surface area contributed by atoms with Gasteiger partial charge in [0.25, 0.3) is 5.69 Å². The van der Waals surface area contributed by atoms with Crippen LogP contribution in [0.4, 0.5) is 18.9 Å². The smallest absolute Gasteiger partial charge is 0.302 e. The lowest BCUT2D eigenvalue weighted by Gasteiger charge is -2.23. The first-order valence-corrected chi connectivity index (χ1v) is 6.02. The highest BCUT2D eigenvalue weighted by atomic mass is 19.4. The van der Waals surface area contributed by atoms with Crippen molar-refractivity contribution in [1.82, 2.24) is 4.90 Å². The number of nitro benzene ring substituents is 1. The van der Waals surface area contributed by atoms with Gasteiger partial charge in [0.2, 0.25) is 0 Å². The van der Waals surface area contributed by atoms with Gasteiger partial charge in [-0.2, -0.15) is 13.2 Å². The topological polar surface area (TPSA) is 46.4 Å². The van der Waals surface area contributed by atoms with E-state index in [4.69, 9.17) is 0 Å². The van der Waals surface area contributed by atoms with Gasteiger partial charge in [-0.3, -0.25) is 10.1 Å². The summed E-state index contributed by atoms with van der Waals surface area (Å²) >= 11 is 0. The predicted octanol–water partition coefficient (Wildman–Crippen LogP) is 3.33. The Balaban J connectivity index is 2.49. The Kier molecular flexibility index (Phi) is 3.80. The summed E-state index contributed by atoms with van der Waals surface area (Å²) in [5.41, 5.74) is -0.548. The van der Waals surface area contributed by atoms with Crippen LogP contribution in [0.1, 0.15) is 17.5 Å². The quantitative estimate of drug-likeness (QED) is 0.619. The SMILES string of the molecule is CN1CCC=C(c2ccc(C(F)(F)F)cc2[N+](=O)[O-])C1. The zero-order valence-electron chi connectivity index (χ0n) is 10.8. The molecular formula is C13H13F3N2O2. The number of hydrogen-bond acceptors (Lipinski definition) is 3. The third-order valence-electron chi connectivity index (χ3n) is 3.21. The molecule has 0 atom stereocenters. The van der Waals surface area contributed by atoms with Crippen molar-refractivity contribution in [3.05, 3.63) is 45.5 Å². The predicted molar refractivity (Wildman–Crippen MR) is 68.2 cm³/mol. The minimum Gasteiger partial charge on any atom is -0.302 e. The molecule has 0 saturated carbocycles. The summed E-state index contributed by atoms with van der Waals surface area (Å²) in [7, 11) is 1.86. The number of halogens is 3. The molecule has 0 amide bonds. The first kappa shape index (κ1) is 14.5. The third-order valence-corrected chi connectivity index (χ3v) is 3.21. The van der Waals surface area contributed by atoms with Crippen molar-refractivity contribution in [1.29, 1.82) is 0 Å². The highest BCUT2D eigenvalue weighted by Gasteiger charge is 2.33. The number of rotatable bonds is 2. The molecule has 0 aromatic heterocycles. The summed E-state index contributed by atoms with van der Waals surface area (Å²) < 4.78 is 37.9. The van der Waals surface area contributed by atoms with Crippen LogP contribution >= 0.6 is 0 Å². The molecule has 1 aliphatic heterocycles. The van der Waals surface area contributed by atoms with Crippen molar-refractivity contribution < 1.29 is 18.1 Å². The molecule has 0 N–H and O–H groups in total. The van der Waals surface area contributed by atoms with Crippen LogP contribution in [0.3, 0.4) is 0 Å². The Morgan fingerprint density at radius 3 is 2.60 bits per heavy atom. The molecule has 4 nitrogen and oxygen atoms in total. The molecule has 2 rings (SSSR count). The summed E-state index contributed by atoms with van der Waals surface area (Å²) in [6, 6.07) is 2.68. The Hall–Kier alpha value is -1.89. The van der Waals surface area contributed by atoms with E-state index in [1.807, 2.05) is 18.0 Å². The number of likely N-dealkylation sites (N-methyl/N-ethyl adjacent to an activating group) is 1. The summed E-state index contributed by atoms with van der Waals surface area (Å²) in [5.74, 6) is 0. The lowest BCUT2D eigenvalue weighted by atomic mass is 9.98. The summed E-state index contributed by atoms with van der Waals surface area (Å²) in [5, 5.41) is 11.0. The van der Waals surface area contributed by atoms with Crippen molar-refractivity contribution in [3.63, 3.8) is 0 Å². The van der Waals surface area contributed by atoms with Gasteiger partial charge in [0.05, 0.1) is 16.1 Å². The standard InChI is InChI=1S/C13H13F3N2O2/c1-17-6-2-3-9(8-17)11-5-4-10(13(14,15)16)7-12(11)18(19)20/h3-5,7H,2,6,8H2,1H3. The molecule has 7 heteroatoms. The first-order valence-electron chi connectivity index (χ1n) is 6.02. The lowest BCUT2D eigenvalue weighted by molar-refractivity contribution is -0.385. The van der Waals surface area contributed by atoms with Crippen molar-refractivity contribution >= 4 is 11.3 Å². The molecule has 0 radical (unpaired) electrons. The van der Waals surface area contributed by atoms with Gasteiger partial charge < -0.3 is 4.90 Å². The van der Waals surface area contributed by atoms with E-state index in [1.54, 1.807) is 0 Å². The zero-order valence-corrected chi connectivity index (χ0v) is 10.8. The molecule has 0 aliphatic carbocycles. The molecule has 108 valence electrons. The average Bonchev–Trinajstić information content (AvgIpc) is 2.37. The molecule has 0 fully saturated rings. The fraction of sp³-hybridized carbons (Fsp3) is 0.385. The molecule has 0 saturated heterocycles. The Morgan fingerprint density at radius 2 is 2.05 bits per heavy atom. The summed E-state index contributed by atoms with van der Waals surface area (Å²) in [6.45, 7) is 1.32. The van der Waals surface area contributed by atoms with Crippen LogP contribution in [-0.2, 0) is 6.18 Å². The molecule has 1 aromatic carbocycles. The van der Waals surface area contributed by atoms with Crippen molar-refractivity contribution in [2.45, 2.75) is 12.6 Å². The monoisotopic (exact) mass is 286 g/mol. The van der Waals surface area contributed by atoms with Crippen molar-refractivity contribution in [3.8, 4) is 0 Å². The molecule has 1 aliphatic rings. The Bertz CT molecular complexity index is 567. The van der Waals surface area contributed by atoms with Crippen molar-refractivity contribution in [2.24, 2.45) is 0 Å². The first-order chi connectivity index (χ1) is 9.29. The van der Waals surface area contributed by atoms with Crippen LogP contribution in [0.15, 0.2) is 24.3 Å². The largest absolute Gasteiger partial charge is 0.416 e. The maximum atomic E-state index is 12.6. The summed E-state index contributed by atoms with van der Waals surface area (Å²) in [4.78, 5) is 12.2. The van der Waals surface area contributed by atoms with E-state index in [0.717, 1.165) is 19.0 Å². The van der Waals surface area contributed by atoms with Crippen LogP contribution in [0.5, 0.6) is 0 Å². The number of benzene rings is 1. The molecule has 1 aromatic rings. The number of hydrogen-bond donors (Lipinski definition) is 0. The van der Waals surface area contributed by atoms with Gasteiger partial charge in [-0.15, -0.1) is 0 Å². The van der Waals surface area contributed by atoms with Gasteiger partial charge in [-0.25, -0.2) is 0 Å². The van der Waals surface area contributed by atoms with E-state index in [0.29, 0.717) is 18.2 Å². The van der Waals surface area contributed by atoms with Gasteiger partial charge in [-0.05, 0) is 31.2 Å². The number of nitro groups is 1.